The zero-order chi connectivity index (χ0) is 15.0. The van der Waals surface area contributed by atoms with Crippen LogP contribution in [0.3, 0.4) is 0 Å². The van der Waals surface area contributed by atoms with E-state index in [-0.39, 0.29) is 11.1 Å². The molecule has 1 aromatic heterocycles. The summed E-state index contributed by atoms with van der Waals surface area (Å²) in [4.78, 5) is 4.01. The molecule has 0 aliphatic heterocycles. The zero-order valence-electron chi connectivity index (χ0n) is 12.2. The predicted molar refractivity (Wildman–Crippen MR) is 77.9 cm³/mol. The number of rotatable bonds is 9. The van der Waals surface area contributed by atoms with Crippen molar-refractivity contribution < 1.29 is 13.2 Å². The van der Waals surface area contributed by atoms with E-state index in [9.17, 15) is 8.42 Å². The van der Waals surface area contributed by atoms with Crippen LogP contribution in [0.25, 0.3) is 0 Å². The van der Waals surface area contributed by atoms with E-state index in [0.29, 0.717) is 13.2 Å². The lowest BCUT2D eigenvalue weighted by molar-refractivity contribution is 0.171. The summed E-state index contributed by atoms with van der Waals surface area (Å²) in [6.07, 6.45) is 3.17. The Labute approximate surface area is 121 Å². The molecule has 0 amide bonds. The summed E-state index contributed by atoms with van der Waals surface area (Å²) in [6.45, 7) is 3.01. The molecule has 6 nitrogen and oxygen atoms in total. The summed E-state index contributed by atoms with van der Waals surface area (Å²) in [5, 5.41) is 3.02. The van der Waals surface area contributed by atoms with Gasteiger partial charge in [-0.3, -0.25) is 0 Å². The monoisotopic (exact) mass is 301 g/mol. The number of pyridine rings is 1. The summed E-state index contributed by atoms with van der Waals surface area (Å²) in [6, 6.07) is 3.04. The summed E-state index contributed by atoms with van der Waals surface area (Å²) >= 11 is 0. The number of nitrogens with one attached hydrogen (secondary N) is 2. The summed E-state index contributed by atoms with van der Waals surface area (Å²) in [5.41, 5.74) is 0.938. The second kappa shape index (κ2) is 8.31. The summed E-state index contributed by atoms with van der Waals surface area (Å²) in [7, 11) is -0.214. The highest BCUT2D eigenvalue weighted by atomic mass is 32.2. The highest BCUT2D eigenvalue weighted by Crippen LogP contribution is 2.09. The summed E-state index contributed by atoms with van der Waals surface area (Å²) < 4.78 is 32.1. The van der Waals surface area contributed by atoms with Crippen molar-refractivity contribution in [3.8, 4) is 0 Å². The van der Waals surface area contributed by atoms with Crippen molar-refractivity contribution in [3.05, 3.63) is 23.9 Å². The minimum atomic E-state index is -3.60. The van der Waals surface area contributed by atoms with Crippen LogP contribution >= 0.6 is 0 Å². The fraction of sp³-hybridized carbons (Fsp3) is 0.615. The molecule has 0 bridgehead atoms. The van der Waals surface area contributed by atoms with Crippen LogP contribution in [-0.4, -0.2) is 40.2 Å². The van der Waals surface area contributed by atoms with Crippen LogP contribution in [0.2, 0.25) is 0 Å². The standard InChI is InChI=1S/C13H23N3O3S/c1-4-5-12(10-19-3)16-20(17,18)13-7-6-11(8-14-2)9-15-13/h6-7,9,12,14,16H,4-5,8,10H2,1-3H3. The number of ether oxygens (including phenoxy) is 1. The van der Waals surface area contributed by atoms with Crippen LogP contribution in [-0.2, 0) is 21.3 Å². The maximum atomic E-state index is 12.2. The molecule has 0 saturated carbocycles. The molecular formula is C13H23N3O3S. The molecule has 0 radical (unpaired) electrons. The molecule has 2 N–H and O–H groups in total. The molecule has 1 atom stereocenters. The Morgan fingerprint density at radius 3 is 2.65 bits per heavy atom. The van der Waals surface area contributed by atoms with E-state index in [1.54, 1.807) is 19.4 Å². The van der Waals surface area contributed by atoms with Gasteiger partial charge in [-0.05, 0) is 25.1 Å². The van der Waals surface area contributed by atoms with Crippen molar-refractivity contribution in [1.82, 2.24) is 15.0 Å². The Kier molecular flexibility index (Phi) is 7.08. The van der Waals surface area contributed by atoms with Crippen LogP contribution in [0.15, 0.2) is 23.4 Å². The largest absolute Gasteiger partial charge is 0.383 e. The Hall–Kier alpha value is -1.02. The second-order valence-corrected chi connectivity index (χ2v) is 6.26. The maximum absolute atomic E-state index is 12.2. The van der Waals surface area contributed by atoms with Crippen molar-refractivity contribution in [2.45, 2.75) is 37.4 Å². The van der Waals surface area contributed by atoms with Gasteiger partial charge in [0.2, 0.25) is 0 Å². The maximum Gasteiger partial charge on any atom is 0.258 e. The Balaban J connectivity index is 2.80. The van der Waals surface area contributed by atoms with Crippen molar-refractivity contribution in [2.75, 3.05) is 20.8 Å². The number of aromatic nitrogens is 1. The number of hydrogen-bond acceptors (Lipinski definition) is 5. The van der Waals surface area contributed by atoms with E-state index in [4.69, 9.17) is 4.74 Å². The molecule has 1 unspecified atom stereocenters. The van der Waals surface area contributed by atoms with Gasteiger partial charge in [0.1, 0.15) is 0 Å². The average molecular weight is 301 g/mol. The Bertz CT molecular complexity index is 482. The van der Waals surface area contributed by atoms with Gasteiger partial charge >= 0.3 is 0 Å². The van der Waals surface area contributed by atoms with Crippen LogP contribution in [0.4, 0.5) is 0 Å². The molecule has 1 aromatic rings. The van der Waals surface area contributed by atoms with E-state index in [2.05, 4.69) is 15.0 Å². The highest BCUT2D eigenvalue weighted by molar-refractivity contribution is 7.89. The van der Waals surface area contributed by atoms with Gasteiger partial charge in [0.25, 0.3) is 10.0 Å². The topological polar surface area (TPSA) is 80.3 Å². The average Bonchev–Trinajstić information content (AvgIpc) is 2.40. The minimum Gasteiger partial charge on any atom is -0.383 e. The third kappa shape index (κ3) is 5.16. The van der Waals surface area contributed by atoms with Gasteiger partial charge in [-0.1, -0.05) is 19.4 Å². The van der Waals surface area contributed by atoms with E-state index >= 15 is 0 Å². The zero-order valence-corrected chi connectivity index (χ0v) is 13.0. The number of sulfonamides is 1. The van der Waals surface area contributed by atoms with Crippen LogP contribution in [0.5, 0.6) is 0 Å². The fourth-order valence-corrected chi connectivity index (χ4v) is 3.07. The van der Waals surface area contributed by atoms with Gasteiger partial charge in [0, 0.05) is 25.9 Å². The van der Waals surface area contributed by atoms with E-state index in [0.717, 1.165) is 18.4 Å². The molecule has 0 aliphatic carbocycles. The first-order chi connectivity index (χ1) is 9.53. The Morgan fingerprint density at radius 2 is 2.15 bits per heavy atom. The van der Waals surface area contributed by atoms with Crippen LogP contribution in [0, 0.1) is 0 Å². The predicted octanol–water partition coefficient (Wildman–Crippen LogP) is 0.894. The van der Waals surface area contributed by atoms with E-state index in [1.807, 2.05) is 14.0 Å². The highest BCUT2D eigenvalue weighted by Gasteiger charge is 2.20. The van der Waals surface area contributed by atoms with Crippen molar-refractivity contribution >= 4 is 10.0 Å². The minimum absolute atomic E-state index is 0.0366. The lowest BCUT2D eigenvalue weighted by atomic mass is 10.2. The fourth-order valence-electron chi connectivity index (χ4n) is 1.88. The molecule has 0 aromatic carbocycles. The summed E-state index contributed by atoms with van der Waals surface area (Å²) in [5.74, 6) is 0. The second-order valence-electron chi connectivity index (χ2n) is 4.60. The van der Waals surface area contributed by atoms with Gasteiger partial charge in [0.05, 0.1) is 6.61 Å². The van der Waals surface area contributed by atoms with Crippen LogP contribution in [0.1, 0.15) is 25.3 Å². The lowest BCUT2D eigenvalue weighted by Crippen LogP contribution is -2.38. The molecular weight excluding hydrogens is 278 g/mol. The number of hydrogen-bond donors (Lipinski definition) is 2. The van der Waals surface area contributed by atoms with Gasteiger partial charge in [-0.25, -0.2) is 18.1 Å². The molecule has 1 rings (SSSR count). The molecule has 1 heterocycles. The molecule has 20 heavy (non-hydrogen) atoms. The smallest absolute Gasteiger partial charge is 0.258 e. The molecule has 114 valence electrons. The first kappa shape index (κ1) is 17.0. The Morgan fingerprint density at radius 1 is 1.40 bits per heavy atom. The van der Waals surface area contributed by atoms with Gasteiger partial charge < -0.3 is 10.1 Å². The molecule has 0 aliphatic rings. The molecule has 0 fully saturated rings. The van der Waals surface area contributed by atoms with Gasteiger partial charge in [0.15, 0.2) is 5.03 Å². The van der Waals surface area contributed by atoms with Gasteiger partial charge in [-0.15, -0.1) is 0 Å². The van der Waals surface area contributed by atoms with Crippen molar-refractivity contribution in [3.63, 3.8) is 0 Å². The lowest BCUT2D eigenvalue weighted by Gasteiger charge is -2.16. The third-order valence-electron chi connectivity index (χ3n) is 2.78. The molecule has 0 spiro atoms. The first-order valence-electron chi connectivity index (χ1n) is 6.64. The first-order valence-corrected chi connectivity index (χ1v) is 8.12. The van der Waals surface area contributed by atoms with E-state index < -0.39 is 10.0 Å². The number of methoxy groups -OCH3 is 1. The quantitative estimate of drug-likeness (QED) is 0.708. The van der Waals surface area contributed by atoms with Gasteiger partial charge in [-0.2, -0.15) is 0 Å². The SMILES string of the molecule is CCCC(COC)NS(=O)(=O)c1ccc(CNC)cn1. The van der Waals surface area contributed by atoms with E-state index in [1.165, 1.54) is 6.07 Å². The normalized spacial score (nSPS) is 13.3. The van der Waals surface area contributed by atoms with Crippen molar-refractivity contribution in [2.24, 2.45) is 0 Å². The molecule has 0 saturated heterocycles. The molecule has 7 heteroatoms. The van der Waals surface area contributed by atoms with Crippen LogP contribution < -0.4 is 10.0 Å². The number of nitrogens with zero attached hydrogens (tertiary/aromatic N) is 1. The van der Waals surface area contributed by atoms with Crippen molar-refractivity contribution in [1.29, 1.82) is 0 Å². The third-order valence-corrected chi connectivity index (χ3v) is 4.22.